The molecule has 0 fully saturated rings. The summed E-state index contributed by atoms with van der Waals surface area (Å²) in [5, 5.41) is 16.1. The molecule has 0 saturated heterocycles. The third-order valence-electron chi connectivity index (χ3n) is 5.97. The Morgan fingerprint density at radius 1 is 1.28 bits per heavy atom. The van der Waals surface area contributed by atoms with E-state index in [1.165, 1.54) is 12.5 Å². The van der Waals surface area contributed by atoms with E-state index >= 15 is 4.39 Å². The molecule has 4 rings (SSSR count). The second kappa shape index (κ2) is 10.6. The van der Waals surface area contributed by atoms with Crippen LogP contribution in [0, 0.1) is 17.0 Å². The van der Waals surface area contributed by atoms with Crippen LogP contribution in [-0.2, 0) is 10.0 Å². The SMILES string of the molecule is CCCS(=O)(=O)Nc1ccc(F)c(C(=O)C2=CNC3(C)N=CNC(Nc4cccc(C(N)=NC=N)c4)=C23)c1F. The van der Waals surface area contributed by atoms with Gasteiger partial charge in [-0.1, -0.05) is 19.1 Å². The maximum atomic E-state index is 15.4. The summed E-state index contributed by atoms with van der Waals surface area (Å²) in [6.45, 7) is 3.31. The van der Waals surface area contributed by atoms with Crippen molar-refractivity contribution in [2.24, 2.45) is 15.7 Å². The Kier molecular flexibility index (Phi) is 7.49. The van der Waals surface area contributed by atoms with Crippen molar-refractivity contribution in [3.05, 3.63) is 82.3 Å². The molecule has 2 aliphatic rings. The van der Waals surface area contributed by atoms with Crippen LogP contribution in [0.15, 0.2) is 69.6 Å². The number of nitrogens with two attached hydrogens (primary N) is 1. The zero-order chi connectivity index (χ0) is 28.4. The van der Waals surface area contributed by atoms with Crippen LogP contribution in [0.4, 0.5) is 20.2 Å². The number of hydrogen-bond acceptors (Lipinski definition) is 8. The Balaban J connectivity index is 1.74. The van der Waals surface area contributed by atoms with Crippen LogP contribution in [-0.4, -0.2) is 44.1 Å². The zero-order valence-electron chi connectivity index (χ0n) is 21.0. The van der Waals surface area contributed by atoms with Gasteiger partial charge in [-0.2, -0.15) is 0 Å². The highest BCUT2D eigenvalue weighted by atomic mass is 32.2. The molecule has 11 nitrogen and oxygen atoms in total. The summed E-state index contributed by atoms with van der Waals surface area (Å²) in [5.74, 6) is -3.34. The van der Waals surface area contributed by atoms with E-state index in [1.54, 1.807) is 38.1 Å². The van der Waals surface area contributed by atoms with Crippen LogP contribution in [0.2, 0.25) is 0 Å². The Morgan fingerprint density at radius 3 is 2.77 bits per heavy atom. The van der Waals surface area contributed by atoms with E-state index in [1.807, 2.05) is 0 Å². The van der Waals surface area contributed by atoms with E-state index in [2.05, 4.69) is 30.7 Å². The summed E-state index contributed by atoms with van der Waals surface area (Å²) in [4.78, 5) is 21.7. The smallest absolute Gasteiger partial charge is 0.232 e. The summed E-state index contributed by atoms with van der Waals surface area (Å²) in [5.41, 5.74) is 4.54. The fourth-order valence-corrected chi connectivity index (χ4v) is 5.31. The van der Waals surface area contributed by atoms with Gasteiger partial charge in [-0.25, -0.2) is 27.2 Å². The lowest BCUT2D eigenvalue weighted by Crippen LogP contribution is -2.42. The molecule has 2 aromatic carbocycles. The van der Waals surface area contributed by atoms with Crippen LogP contribution >= 0.6 is 0 Å². The van der Waals surface area contributed by atoms with Gasteiger partial charge in [0, 0.05) is 23.0 Å². The minimum absolute atomic E-state index is 0.0863. The normalized spacial score (nSPS) is 18.6. The Hall–Kier alpha value is -4.59. The van der Waals surface area contributed by atoms with Crippen molar-refractivity contribution < 1.29 is 22.0 Å². The van der Waals surface area contributed by atoms with E-state index < -0.39 is 44.4 Å². The van der Waals surface area contributed by atoms with E-state index in [9.17, 15) is 17.6 Å². The summed E-state index contributed by atoms with van der Waals surface area (Å²) in [7, 11) is -3.90. The molecule has 0 spiro atoms. The van der Waals surface area contributed by atoms with Gasteiger partial charge in [0.25, 0.3) is 0 Å². The van der Waals surface area contributed by atoms with Gasteiger partial charge in [-0.3, -0.25) is 14.9 Å². The van der Waals surface area contributed by atoms with Crippen molar-refractivity contribution in [1.82, 2.24) is 10.6 Å². The maximum absolute atomic E-state index is 15.4. The third kappa shape index (κ3) is 5.50. The van der Waals surface area contributed by atoms with Gasteiger partial charge in [0.1, 0.15) is 23.8 Å². The number of amidine groups is 1. The van der Waals surface area contributed by atoms with E-state index in [0.29, 0.717) is 17.1 Å². The molecule has 2 heterocycles. The Bertz CT molecular complexity index is 1580. The topological polar surface area (TPSA) is 174 Å². The molecule has 1 unspecified atom stereocenters. The lowest BCUT2D eigenvalue weighted by Gasteiger charge is -2.30. The first kappa shape index (κ1) is 27.4. The minimum atomic E-state index is -3.90. The van der Waals surface area contributed by atoms with Crippen molar-refractivity contribution in [2.45, 2.75) is 25.9 Å². The number of benzene rings is 2. The largest absolute Gasteiger partial charge is 0.383 e. The summed E-state index contributed by atoms with van der Waals surface area (Å²) < 4.78 is 56.7. The predicted molar refractivity (Wildman–Crippen MR) is 146 cm³/mol. The highest BCUT2D eigenvalue weighted by Gasteiger charge is 2.43. The molecule has 0 bridgehead atoms. The quantitative estimate of drug-likeness (QED) is 0.148. The molecule has 0 aromatic heterocycles. The van der Waals surface area contributed by atoms with Crippen LogP contribution in [0.25, 0.3) is 0 Å². The molecular weight excluding hydrogens is 530 g/mol. The number of sulfonamides is 1. The van der Waals surface area contributed by atoms with Crippen LogP contribution < -0.4 is 26.4 Å². The number of aliphatic imine (C=N–C) groups is 2. The second-order valence-electron chi connectivity index (χ2n) is 8.81. The van der Waals surface area contributed by atoms with Crippen molar-refractivity contribution in [3.63, 3.8) is 0 Å². The molecular formula is C25H26F2N8O3S. The molecule has 0 aliphatic carbocycles. The van der Waals surface area contributed by atoms with Crippen LogP contribution in [0.5, 0.6) is 0 Å². The first-order valence-corrected chi connectivity index (χ1v) is 13.4. The van der Waals surface area contributed by atoms with Crippen molar-refractivity contribution in [2.75, 3.05) is 15.8 Å². The average Bonchev–Trinajstić information content (AvgIpc) is 3.24. The molecule has 0 radical (unpaired) electrons. The molecule has 14 heteroatoms. The van der Waals surface area contributed by atoms with Crippen molar-refractivity contribution >= 4 is 45.7 Å². The zero-order valence-corrected chi connectivity index (χ0v) is 21.8. The number of halogens is 2. The minimum Gasteiger partial charge on any atom is -0.383 e. The van der Waals surface area contributed by atoms with E-state index in [-0.39, 0.29) is 29.2 Å². The number of carbonyl (C=O) groups excluding carboxylic acids is 1. The standard InChI is InChI=1S/C25H26F2N8O3S/c1-3-9-39(37,38)35-18-8-7-17(26)19(21(18)27)22(36)16-11-32-25(2)20(16)24(31-13-33-25)34-15-6-4-5-14(10-15)23(29)30-12-28/h4-8,10-13,32,34-35H,3,9H2,1-2H3,(H,31,33)(H3,28,29,30). The number of anilines is 2. The first-order valence-electron chi connectivity index (χ1n) is 11.8. The number of rotatable bonds is 10. The fourth-order valence-electron chi connectivity index (χ4n) is 4.18. The number of hydrogen-bond donors (Lipinski definition) is 6. The molecule has 7 N–H and O–H groups in total. The monoisotopic (exact) mass is 556 g/mol. The van der Waals surface area contributed by atoms with E-state index in [0.717, 1.165) is 18.5 Å². The maximum Gasteiger partial charge on any atom is 0.232 e. The van der Waals surface area contributed by atoms with Gasteiger partial charge >= 0.3 is 0 Å². The number of Topliss-reactive ketones (excluding diaryl/α,β-unsaturated/α-hetero) is 1. The lowest BCUT2D eigenvalue weighted by atomic mass is 9.91. The molecule has 1 atom stereocenters. The number of ketones is 1. The number of nitrogens with zero attached hydrogens (tertiary/aromatic N) is 2. The molecule has 2 aromatic rings. The third-order valence-corrected chi connectivity index (χ3v) is 7.44. The first-order chi connectivity index (χ1) is 18.5. The van der Waals surface area contributed by atoms with Crippen LogP contribution in [0.3, 0.4) is 0 Å². The summed E-state index contributed by atoms with van der Waals surface area (Å²) in [6, 6.07) is 8.55. The van der Waals surface area contributed by atoms with Gasteiger partial charge in [0.15, 0.2) is 11.5 Å². The molecule has 39 heavy (non-hydrogen) atoms. The summed E-state index contributed by atoms with van der Waals surface area (Å²) in [6.07, 6.45) is 3.81. The van der Waals surface area contributed by atoms with Gasteiger partial charge < -0.3 is 21.7 Å². The Morgan fingerprint density at radius 2 is 2.05 bits per heavy atom. The number of carbonyl (C=O) groups is 1. The van der Waals surface area contributed by atoms with Gasteiger partial charge in [-0.05, 0) is 37.6 Å². The average molecular weight is 557 g/mol. The second-order valence-corrected chi connectivity index (χ2v) is 10.7. The van der Waals surface area contributed by atoms with Crippen molar-refractivity contribution in [1.29, 1.82) is 5.41 Å². The Labute approximate surface area is 223 Å². The van der Waals surface area contributed by atoms with Gasteiger partial charge in [-0.15, -0.1) is 0 Å². The van der Waals surface area contributed by atoms with Gasteiger partial charge in [0.05, 0.1) is 28.9 Å². The highest BCUT2D eigenvalue weighted by molar-refractivity contribution is 7.92. The van der Waals surface area contributed by atoms with Gasteiger partial charge in [0.2, 0.25) is 15.8 Å². The number of fused-ring (bicyclic) bond motifs is 1. The number of nitrogens with one attached hydrogen (secondary N) is 5. The highest BCUT2D eigenvalue weighted by Crippen LogP contribution is 2.37. The molecule has 0 amide bonds. The van der Waals surface area contributed by atoms with Crippen LogP contribution in [0.1, 0.15) is 36.2 Å². The molecule has 0 saturated carbocycles. The van der Waals surface area contributed by atoms with E-state index in [4.69, 9.17) is 11.1 Å². The molecule has 2 aliphatic heterocycles. The summed E-state index contributed by atoms with van der Waals surface area (Å²) >= 11 is 0. The predicted octanol–water partition coefficient (Wildman–Crippen LogP) is 2.77. The van der Waals surface area contributed by atoms with Crippen molar-refractivity contribution in [3.8, 4) is 0 Å². The fraction of sp³-hybridized carbons (Fsp3) is 0.200. The lowest BCUT2D eigenvalue weighted by molar-refractivity contribution is 0.102. The molecule has 204 valence electrons.